The van der Waals surface area contributed by atoms with Crippen LogP contribution in [0.15, 0.2) is 36.4 Å². The van der Waals surface area contributed by atoms with Crippen LogP contribution in [-0.4, -0.2) is 6.61 Å². The summed E-state index contributed by atoms with van der Waals surface area (Å²) in [5.41, 5.74) is 1.23. The van der Waals surface area contributed by atoms with Crippen LogP contribution < -0.4 is 4.74 Å². The predicted octanol–water partition coefficient (Wildman–Crippen LogP) is 5.50. The van der Waals surface area contributed by atoms with Crippen molar-refractivity contribution in [2.75, 3.05) is 6.61 Å². The van der Waals surface area contributed by atoms with Gasteiger partial charge in [0.15, 0.2) is 11.6 Å². The third-order valence-corrected chi connectivity index (χ3v) is 3.63. The number of ether oxygens (including phenoxy) is 1. The Balaban J connectivity index is 2.14. The molecule has 0 saturated heterocycles. The lowest BCUT2D eigenvalue weighted by molar-refractivity contribution is 0.317. The Morgan fingerprint density at radius 3 is 2.29 bits per heavy atom. The summed E-state index contributed by atoms with van der Waals surface area (Å²) in [5.74, 6) is 4.71. The molecule has 0 N–H and O–H groups in total. The quantitative estimate of drug-likeness (QED) is 0.637. The highest BCUT2D eigenvalue weighted by Crippen LogP contribution is 2.18. The van der Waals surface area contributed by atoms with E-state index in [2.05, 4.69) is 11.8 Å². The Hall–Kier alpha value is -2.34. The Morgan fingerprint density at radius 2 is 1.62 bits per heavy atom. The van der Waals surface area contributed by atoms with Crippen molar-refractivity contribution in [1.29, 1.82) is 0 Å². The van der Waals surface area contributed by atoms with Gasteiger partial charge in [-0.25, -0.2) is 8.78 Å². The first-order valence-electron chi connectivity index (χ1n) is 8.37. The maximum Gasteiger partial charge on any atom is 0.174 e. The summed E-state index contributed by atoms with van der Waals surface area (Å²) in [6.07, 6.45) is 3.28. The molecule has 0 spiro atoms. The molecule has 0 heterocycles. The molecule has 0 radical (unpaired) electrons. The lowest BCUT2D eigenvalue weighted by atomic mass is 10.0. The minimum atomic E-state index is -0.862. The van der Waals surface area contributed by atoms with Crippen LogP contribution in [0.1, 0.15) is 49.8 Å². The van der Waals surface area contributed by atoms with Gasteiger partial charge in [0.2, 0.25) is 0 Å². The minimum Gasteiger partial charge on any atom is -0.494 e. The van der Waals surface area contributed by atoms with Crippen molar-refractivity contribution in [3.05, 3.63) is 64.7 Å². The van der Waals surface area contributed by atoms with Gasteiger partial charge in [0, 0.05) is 5.56 Å². The first-order valence-corrected chi connectivity index (χ1v) is 8.37. The van der Waals surface area contributed by atoms with Crippen LogP contribution in [0.25, 0.3) is 0 Å². The van der Waals surface area contributed by atoms with Crippen LogP contribution in [0.4, 0.5) is 8.78 Å². The zero-order chi connectivity index (χ0) is 17.4. The van der Waals surface area contributed by atoms with Crippen molar-refractivity contribution in [3.8, 4) is 17.6 Å². The zero-order valence-corrected chi connectivity index (χ0v) is 14.2. The van der Waals surface area contributed by atoms with Gasteiger partial charge in [-0.15, -0.1) is 0 Å². The molecule has 2 aromatic carbocycles. The van der Waals surface area contributed by atoms with Crippen LogP contribution >= 0.6 is 0 Å². The maximum absolute atomic E-state index is 14.1. The normalized spacial score (nSPS) is 10.2. The Labute approximate surface area is 142 Å². The van der Waals surface area contributed by atoms with Gasteiger partial charge in [-0.2, -0.15) is 0 Å². The summed E-state index contributed by atoms with van der Waals surface area (Å²) in [7, 11) is 0. The summed E-state index contributed by atoms with van der Waals surface area (Å²) in [4.78, 5) is 0. The van der Waals surface area contributed by atoms with Crippen molar-refractivity contribution in [1.82, 2.24) is 0 Å². The minimum absolute atomic E-state index is 0.0825. The fourth-order valence-corrected chi connectivity index (χ4v) is 2.24. The van der Waals surface area contributed by atoms with Crippen molar-refractivity contribution < 1.29 is 13.5 Å². The highest BCUT2D eigenvalue weighted by molar-refractivity contribution is 5.45. The monoisotopic (exact) mass is 328 g/mol. The molecule has 2 rings (SSSR count). The highest BCUT2D eigenvalue weighted by Gasteiger charge is 2.11. The Morgan fingerprint density at radius 1 is 0.875 bits per heavy atom. The average molecular weight is 328 g/mol. The number of unbranched alkanes of at least 4 members (excludes halogenated alkanes) is 1. The number of hydrogen-bond donors (Lipinski definition) is 0. The van der Waals surface area contributed by atoms with Gasteiger partial charge in [-0.1, -0.05) is 38.2 Å². The molecule has 1 nitrogen and oxygen atoms in total. The van der Waals surface area contributed by atoms with Crippen molar-refractivity contribution in [2.45, 2.75) is 39.5 Å². The first kappa shape index (κ1) is 18.0. The fraction of sp³-hybridized carbons (Fsp3) is 0.333. The van der Waals surface area contributed by atoms with E-state index in [4.69, 9.17) is 4.74 Å². The molecular weight excluding hydrogens is 306 g/mol. The SMILES string of the molecule is CCCCc1ccc(C#Cc2ccc(OCCC)cc2)c(F)c1F. The third-order valence-electron chi connectivity index (χ3n) is 3.63. The van der Waals surface area contributed by atoms with Gasteiger partial charge in [-0.3, -0.25) is 0 Å². The molecule has 0 saturated carbocycles. The van der Waals surface area contributed by atoms with Crippen molar-refractivity contribution in [2.24, 2.45) is 0 Å². The summed E-state index contributed by atoms with van der Waals surface area (Å²) >= 11 is 0. The van der Waals surface area contributed by atoms with Gasteiger partial charge in [0.1, 0.15) is 5.75 Å². The van der Waals surface area contributed by atoms with E-state index in [1.165, 1.54) is 0 Å². The number of halogens is 2. The van der Waals surface area contributed by atoms with Crippen LogP contribution in [0.5, 0.6) is 5.75 Å². The van der Waals surface area contributed by atoms with E-state index in [9.17, 15) is 8.78 Å². The van der Waals surface area contributed by atoms with Gasteiger partial charge in [0.05, 0.1) is 12.2 Å². The van der Waals surface area contributed by atoms with E-state index in [0.29, 0.717) is 18.6 Å². The molecule has 24 heavy (non-hydrogen) atoms. The molecule has 0 fully saturated rings. The van der Waals surface area contributed by atoms with Crippen LogP contribution in [0.2, 0.25) is 0 Å². The second-order valence-corrected chi connectivity index (χ2v) is 5.63. The van der Waals surface area contributed by atoms with E-state index in [1.54, 1.807) is 12.1 Å². The molecule has 0 unspecified atom stereocenters. The number of benzene rings is 2. The topological polar surface area (TPSA) is 9.23 Å². The van der Waals surface area contributed by atoms with Gasteiger partial charge >= 0.3 is 0 Å². The largest absolute Gasteiger partial charge is 0.494 e. The smallest absolute Gasteiger partial charge is 0.174 e. The van der Waals surface area contributed by atoms with E-state index in [0.717, 1.165) is 30.6 Å². The number of hydrogen-bond acceptors (Lipinski definition) is 1. The molecule has 0 aliphatic rings. The summed E-state index contributed by atoms with van der Waals surface area (Å²) in [6, 6.07) is 10.4. The Bertz CT molecular complexity index is 724. The second kappa shape index (κ2) is 9.08. The zero-order valence-electron chi connectivity index (χ0n) is 14.2. The summed E-state index contributed by atoms with van der Waals surface area (Å²) in [5, 5.41) is 0. The standard InChI is InChI=1S/C21H22F2O/c1-3-5-6-17-11-12-18(21(23)20(17)22)10-7-16-8-13-19(14-9-16)24-15-4-2/h8-9,11-14H,3-6,15H2,1-2H3. The van der Waals surface area contributed by atoms with Gasteiger partial charge in [-0.05, 0) is 55.2 Å². The molecule has 3 heteroatoms. The molecule has 126 valence electrons. The fourth-order valence-electron chi connectivity index (χ4n) is 2.24. The molecule has 0 aliphatic heterocycles. The number of aryl methyl sites for hydroxylation is 1. The first-order chi connectivity index (χ1) is 11.7. The second-order valence-electron chi connectivity index (χ2n) is 5.63. The molecule has 0 amide bonds. The van der Waals surface area contributed by atoms with Gasteiger partial charge in [0.25, 0.3) is 0 Å². The van der Waals surface area contributed by atoms with Crippen molar-refractivity contribution in [3.63, 3.8) is 0 Å². The van der Waals surface area contributed by atoms with Crippen LogP contribution in [0, 0.1) is 23.5 Å². The van der Waals surface area contributed by atoms with E-state index >= 15 is 0 Å². The van der Waals surface area contributed by atoms with E-state index in [-0.39, 0.29) is 5.56 Å². The van der Waals surface area contributed by atoms with E-state index < -0.39 is 11.6 Å². The maximum atomic E-state index is 14.1. The molecule has 0 atom stereocenters. The lowest BCUT2D eigenvalue weighted by Crippen LogP contribution is -1.97. The highest BCUT2D eigenvalue weighted by atomic mass is 19.2. The summed E-state index contributed by atoms with van der Waals surface area (Å²) in [6.45, 7) is 4.73. The number of rotatable bonds is 6. The molecular formula is C21H22F2O. The van der Waals surface area contributed by atoms with E-state index in [1.807, 2.05) is 38.1 Å². The molecule has 2 aromatic rings. The summed E-state index contributed by atoms with van der Waals surface area (Å²) < 4.78 is 33.6. The van der Waals surface area contributed by atoms with Crippen LogP contribution in [-0.2, 0) is 6.42 Å². The van der Waals surface area contributed by atoms with Crippen molar-refractivity contribution >= 4 is 0 Å². The Kier molecular flexibility index (Phi) is 6.81. The lowest BCUT2D eigenvalue weighted by Gasteiger charge is -2.04. The molecule has 0 aromatic heterocycles. The van der Waals surface area contributed by atoms with Gasteiger partial charge < -0.3 is 4.74 Å². The molecule has 0 aliphatic carbocycles. The van der Waals surface area contributed by atoms with Crippen LogP contribution in [0.3, 0.4) is 0 Å². The predicted molar refractivity (Wildman–Crippen MR) is 93.2 cm³/mol. The molecule has 0 bridgehead atoms. The third kappa shape index (κ3) is 4.83. The average Bonchev–Trinajstić information content (AvgIpc) is 2.61.